The quantitative estimate of drug-likeness (QED) is 0.789. The average Bonchev–Trinajstić information content (AvgIpc) is 2.28. The number of hydrogen-bond donors (Lipinski definition) is 1. The highest BCUT2D eigenvalue weighted by Crippen LogP contribution is 2.14. The molecule has 1 heterocycles. The summed E-state index contributed by atoms with van der Waals surface area (Å²) in [5.41, 5.74) is 0.288. The predicted molar refractivity (Wildman–Crippen MR) is 68.7 cm³/mol. The number of nitrogens with one attached hydrogen (secondary N) is 1. The highest BCUT2D eigenvalue weighted by atomic mass is 35.5. The topological polar surface area (TPSA) is 56.1 Å². The van der Waals surface area contributed by atoms with Crippen LogP contribution in [-0.2, 0) is 11.3 Å². The van der Waals surface area contributed by atoms with E-state index in [4.69, 9.17) is 16.3 Å². The van der Waals surface area contributed by atoms with Crippen molar-refractivity contribution in [1.82, 2.24) is 9.78 Å². The monoisotopic (exact) mass is 259 g/mol. The second-order valence-corrected chi connectivity index (χ2v) is 4.55. The lowest BCUT2D eigenvalue weighted by Crippen LogP contribution is -2.26. The molecule has 0 spiro atoms. The van der Waals surface area contributed by atoms with E-state index in [1.807, 2.05) is 13.8 Å². The third-order valence-corrected chi connectivity index (χ3v) is 2.51. The first kappa shape index (κ1) is 14.0. The van der Waals surface area contributed by atoms with Crippen LogP contribution in [0.1, 0.15) is 13.8 Å². The van der Waals surface area contributed by atoms with Gasteiger partial charge in [-0.15, -0.1) is 0 Å². The Balaban J connectivity index is 2.83. The van der Waals surface area contributed by atoms with Crippen molar-refractivity contribution in [3.8, 4) is 0 Å². The Hall–Kier alpha value is -1.07. The van der Waals surface area contributed by atoms with E-state index in [0.29, 0.717) is 31.3 Å². The van der Waals surface area contributed by atoms with E-state index in [0.717, 1.165) is 0 Å². The first-order chi connectivity index (χ1) is 8.06. The smallest absolute Gasteiger partial charge is 0.287 e. The van der Waals surface area contributed by atoms with E-state index in [-0.39, 0.29) is 10.6 Å². The van der Waals surface area contributed by atoms with Crippen LogP contribution in [0.4, 0.5) is 5.69 Å². The molecule has 1 aromatic rings. The van der Waals surface area contributed by atoms with Gasteiger partial charge in [0.2, 0.25) is 0 Å². The summed E-state index contributed by atoms with van der Waals surface area (Å²) in [6, 6.07) is 0. The van der Waals surface area contributed by atoms with Crippen molar-refractivity contribution in [2.45, 2.75) is 20.4 Å². The van der Waals surface area contributed by atoms with Gasteiger partial charge in [0.25, 0.3) is 5.56 Å². The number of anilines is 1. The summed E-state index contributed by atoms with van der Waals surface area (Å²) in [6.07, 6.45) is 1.57. The molecular formula is C11H18ClN3O2. The van der Waals surface area contributed by atoms with Gasteiger partial charge in [-0.3, -0.25) is 4.79 Å². The van der Waals surface area contributed by atoms with Crippen LogP contribution in [0.2, 0.25) is 5.02 Å². The van der Waals surface area contributed by atoms with E-state index in [2.05, 4.69) is 10.4 Å². The lowest BCUT2D eigenvalue weighted by molar-refractivity contribution is 0.211. The highest BCUT2D eigenvalue weighted by molar-refractivity contribution is 6.32. The Labute approximate surface area is 106 Å². The average molecular weight is 260 g/mol. The zero-order chi connectivity index (χ0) is 12.8. The maximum absolute atomic E-state index is 11.9. The number of hydrogen-bond acceptors (Lipinski definition) is 4. The zero-order valence-electron chi connectivity index (χ0n) is 10.4. The van der Waals surface area contributed by atoms with Crippen LogP contribution in [-0.4, -0.2) is 30.0 Å². The van der Waals surface area contributed by atoms with Crippen LogP contribution in [0.3, 0.4) is 0 Å². The second kappa shape index (κ2) is 6.61. The van der Waals surface area contributed by atoms with Crippen LogP contribution in [0.5, 0.6) is 0 Å². The van der Waals surface area contributed by atoms with Crippen LogP contribution in [0, 0.1) is 5.92 Å². The maximum atomic E-state index is 11.9. The van der Waals surface area contributed by atoms with E-state index in [1.54, 1.807) is 13.3 Å². The van der Waals surface area contributed by atoms with Crippen molar-refractivity contribution in [3.05, 3.63) is 21.6 Å². The fourth-order valence-electron chi connectivity index (χ4n) is 1.35. The van der Waals surface area contributed by atoms with Crippen LogP contribution >= 0.6 is 11.6 Å². The molecule has 0 bridgehead atoms. The van der Waals surface area contributed by atoms with Crippen LogP contribution in [0.15, 0.2) is 11.0 Å². The van der Waals surface area contributed by atoms with Crippen molar-refractivity contribution in [3.63, 3.8) is 0 Å². The molecule has 96 valence electrons. The minimum atomic E-state index is -0.261. The van der Waals surface area contributed by atoms with Gasteiger partial charge in [-0.05, 0) is 5.92 Å². The zero-order valence-corrected chi connectivity index (χ0v) is 11.1. The number of nitrogens with zero attached hydrogens (tertiary/aromatic N) is 2. The van der Waals surface area contributed by atoms with Crippen molar-refractivity contribution in [2.75, 3.05) is 25.6 Å². The maximum Gasteiger partial charge on any atom is 0.287 e. The molecule has 0 fully saturated rings. The molecule has 0 aliphatic heterocycles. The predicted octanol–water partition coefficient (Wildman–Crippen LogP) is 1.61. The van der Waals surface area contributed by atoms with Gasteiger partial charge in [-0.2, -0.15) is 5.10 Å². The molecule has 0 unspecified atom stereocenters. The van der Waals surface area contributed by atoms with Crippen molar-refractivity contribution in [1.29, 1.82) is 0 Å². The molecule has 0 aromatic carbocycles. The van der Waals surface area contributed by atoms with Crippen LogP contribution < -0.4 is 10.9 Å². The minimum absolute atomic E-state index is 0.178. The van der Waals surface area contributed by atoms with Gasteiger partial charge >= 0.3 is 0 Å². The third-order valence-electron chi connectivity index (χ3n) is 2.14. The molecule has 0 saturated heterocycles. The van der Waals surface area contributed by atoms with Gasteiger partial charge in [0.1, 0.15) is 5.02 Å². The van der Waals surface area contributed by atoms with E-state index >= 15 is 0 Å². The fourth-order valence-corrected chi connectivity index (χ4v) is 1.57. The number of ether oxygens (including phenoxy) is 1. The summed E-state index contributed by atoms with van der Waals surface area (Å²) in [6.45, 7) is 5.74. The Bertz CT molecular complexity index is 418. The lowest BCUT2D eigenvalue weighted by Gasteiger charge is -2.11. The molecule has 5 nitrogen and oxygen atoms in total. The van der Waals surface area contributed by atoms with Gasteiger partial charge in [0, 0.05) is 20.2 Å². The molecule has 1 aromatic heterocycles. The standard InChI is InChI=1S/C11H18ClN3O2/c1-8(2)7-15-11(16)10(12)9(6-14-15)13-4-5-17-3/h6,8,13H,4-5,7H2,1-3H3. The first-order valence-corrected chi connectivity index (χ1v) is 5.92. The molecule has 0 amide bonds. The largest absolute Gasteiger partial charge is 0.383 e. The van der Waals surface area contributed by atoms with Crippen molar-refractivity contribution in [2.24, 2.45) is 5.92 Å². The number of methoxy groups -OCH3 is 1. The number of rotatable bonds is 6. The SMILES string of the molecule is COCCNc1cnn(CC(C)C)c(=O)c1Cl. The van der Waals surface area contributed by atoms with E-state index in [1.165, 1.54) is 4.68 Å². The summed E-state index contributed by atoms with van der Waals surface area (Å²) in [5, 5.41) is 7.25. The van der Waals surface area contributed by atoms with Crippen molar-refractivity contribution >= 4 is 17.3 Å². The molecule has 1 N–H and O–H groups in total. The molecular weight excluding hydrogens is 242 g/mol. The number of aromatic nitrogens is 2. The second-order valence-electron chi connectivity index (χ2n) is 4.17. The summed E-state index contributed by atoms with van der Waals surface area (Å²) in [4.78, 5) is 11.9. The van der Waals surface area contributed by atoms with Gasteiger partial charge in [0.05, 0.1) is 18.5 Å². The normalized spacial score (nSPS) is 10.9. The van der Waals surface area contributed by atoms with Gasteiger partial charge in [-0.1, -0.05) is 25.4 Å². The van der Waals surface area contributed by atoms with Gasteiger partial charge < -0.3 is 10.1 Å². The molecule has 1 rings (SSSR count). The summed E-state index contributed by atoms with van der Waals surface area (Å²) in [5.74, 6) is 0.351. The lowest BCUT2D eigenvalue weighted by atomic mass is 10.2. The van der Waals surface area contributed by atoms with Crippen molar-refractivity contribution < 1.29 is 4.74 Å². The Morgan fingerprint density at radius 1 is 1.59 bits per heavy atom. The van der Waals surface area contributed by atoms with Crippen LogP contribution in [0.25, 0.3) is 0 Å². The summed E-state index contributed by atoms with van der Waals surface area (Å²) >= 11 is 5.98. The molecule has 0 radical (unpaired) electrons. The Kier molecular flexibility index (Phi) is 5.44. The minimum Gasteiger partial charge on any atom is -0.383 e. The molecule has 0 aliphatic carbocycles. The molecule has 17 heavy (non-hydrogen) atoms. The first-order valence-electron chi connectivity index (χ1n) is 5.54. The fraction of sp³-hybridized carbons (Fsp3) is 0.636. The summed E-state index contributed by atoms with van der Waals surface area (Å²) in [7, 11) is 1.61. The van der Waals surface area contributed by atoms with E-state index in [9.17, 15) is 4.79 Å². The van der Waals surface area contributed by atoms with E-state index < -0.39 is 0 Å². The summed E-state index contributed by atoms with van der Waals surface area (Å²) < 4.78 is 6.28. The van der Waals surface area contributed by atoms with Gasteiger partial charge in [0.15, 0.2) is 0 Å². The molecule has 0 saturated carbocycles. The Morgan fingerprint density at radius 3 is 2.88 bits per heavy atom. The highest BCUT2D eigenvalue weighted by Gasteiger charge is 2.09. The molecule has 0 aliphatic rings. The number of halogens is 1. The molecule has 6 heteroatoms. The molecule has 0 atom stereocenters. The van der Waals surface area contributed by atoms with Gasteiger partial charge in [-0.25, -0.2) is 4.68 Å². The Morgan fingerprint density at radius 2 is 2.29 bits per heavy atom. The third kappa shape index (κ3) is 4.02.